The van der Waals surface area contributed by atoms with Crippen molar-refractivity contribution >= 4 is 5.91 Å². The molecular formula is C27H34F6N2O2. The van der Waals surface area contributed by atoms with Gasteiger partial charge in [0, 0.05) is 33.2 Å². The maximum absolute atomic E-state index is 12.5. The van der Waals surface area contributed by atoms with Crippen molar-refractivity contribution in [2.24, 2.45) is 5.92 Å². The highest BCUT2D eigenvalue weighted by molar-refractivity contribution is 5.75. The zero-order valence-corrected chi connectivity index (χ0v) is 21.3. The van der Waals surface area contributed by atoms with E-state index < -0.39 is 29.6 Å². The molecule has 0 radical (unpaired) electrons. The van der Waals surface area contributed by atoms with Gasteiger partial charge in [0.2, 0.25) is 5.91 Å². The topological polar surface area (TPSA) is 41.6 Å². The summed E-state index contributed by atoms with van der Waals surface area (Å²) in [4.78, 5) is 13.9. The first-order chi connectivity index (χ1) is 17.3. The minimum Gasteiger partial charge on any atom is -0.377 e. The smallest absolute Gasteiger partial charge is 0.377 e. The number of nitrogens with zero attached hydrogens (tertiary/aromatic N) is 1. The fraction of sp³-hybridized carbons (Fsp3) is 0.519. The minimum atomic E-state index is -4.83. The predicted octanol–water partition coefficient (Wildman–Crippen LogP) is 6.51. The number of carbonyl (C=O) groups is 1. The molecule has 0 bridgehead atoms. The molecule has 0 unspecified atom stereocenters. The van der Waals surface area contributed by atoms with Gasteiger partial charge in [-0.25, -0.2) is 0 Å². The molecule has 4 nitrogen and oxygen atoms in total. The lowest BCUT2D eigenvalue weighted by Crippen LogP contribution is -2.32. The van der Waals surface area contributed by atoms with Crippen LogP contribution >= 0.6 is 0 Å². The molecule has 1 heterocycles. The Balaban J connectivity index is 0.000000261. The lowest BCUT2D eigenvalue weighted by molar-refractivity contribution is -0.143. The zero-order valence-electron chi connectivity index (χ0n) is 21.3. The molecule has 1 aliphatic rings. The second kappa shape index (κ2) is 13.8. The molecule has 10 heteroatoms. The van der Waals surface area contributed by atoms with Gasteiger partial charge in [0.15, 0.2) is 0 Å². The van der Waals surface area contributed by atoms with Crippen LogP contribution in [0.4, 0.5) is 26.3 Å². The molecule has 37 heavy (non-hydrogen) atoms. The molecule has 1 N–H and O–H groups in total. The first-order valence-corrected chi connectivity index (χ1v) is 12.1. The van der Waals surface area contributed by atoms with E-state index in [1.165, 1.54) is 26.0 Å². The molecule has 1 amide bonds. The lowest BCUT2D eigenvalue weighted by atomic mass is 9.94. The Bertz CT molecular complexity index is 947. The van der Waals surface area contributed by atoms with Crippen molar-refractivity contribution in [3.05, 3.63) is 70.8 Å². The summed E-state index contributed by atoms with van der Waals surface area (Å²) in [6.45, 7) is 4.20. The molecule has 2 aromatic carbocycles. The van der Waals surface area contributed by atoms with E-state index in [0.29, 0.717) is 24.5 Å². The van der Waals surface area contributed by atoms with E-state index in [2.05, 4.69) is 47.6 Å². The fourth-order valence-electron chi connectivity index (χ4n) is 4.03. The molecule has 2 aromatic rings. The third-order valence-electron chi connectivity index (χ3n) is 6.28. The Morgan fingerprint density at radius 3 is 2.16 bits per heavy atom. The third kappa shape index (κ3) is 10.7. The maximum Gasteiger partial charge on any atom is 0.416 e. The molecule has 1 saturated heterocycles. The second-order valence-corrected chi connectivity index (χ2v) is 9.26. The highest BCUT2D eigenvalue weighted by atomic mass is 19.4. The highest BCUT2D eigenvalue weighted by Gasteiger charge is 2.37. The number of methoxy groups -OCH3 is 1. The van der Waals surface area contributed by atoms with Crippen LogP contribution in [0.5, 0.6) is 0 Å². The monoisotopic (exact) mass is 532 g/mol. The Labute approximate surface area is 214 Å². The summed E-state index contributed by atoms with van der Waals surface area (Å²) in [5.74, 6) is 0.828. The van der Waals surface area contributed by atoms with Gasteiger partial charge in [-0.2, -0.15) is 26.3 Å². The number of ether oxygens (including phenoxy) is 1. The molecule has 3 rings (SSSR count). The van der Waals surface area contributed by atoms with Crippen LogP contribution < -0.4 is 5.32 Å². The maximum atomic E-state index is 12.5. The Hall–Kier alpha value is -2.59. The van der Waals surface area contributed by atoms with Gasteiger partial charge >= 0.3 is 12.4 Å². The summed E-state index contributed by atoms with van der Waals surface area (Å²) in [6, 6.07) is 12.0. The van der Waals surface area contributed by atoms with Crippen molar-refractivity contribution < 1.29 is 35.9 Å². The van der Waals surface area contributed by atoms with Gasteiger partial charge in [-0.15, -0.1) is 0 Å². The van der Waals surface area contributed by atoms with Crippen molar-refractivity contribution in [1.82, 2.24) is 10.2 Å². The van der Waals surface area contributed by atoms with Crippen LogP contribution in [0.2, 0.25) is 0 Å². The van der Waals surface area contributed by atoms with Crippen molar-refractivity contribution in [1.29, 1.82) is 0 Å². The Morgan fingerprint density at radius 2 is 1.62 bits per heavy atom. The summed E-state index contributed by atoms with van der Waals surface area (Å²) < 4.78 is 79.7. The molecule has 0 aliphatic carbocycles. The van der Waals surface area contributed by atoms with Gasteiger partial charge in [-0.05, 0) is 68.5 Å². The number of hydrogen-bond acceptors (Lipinski definition) is 3. The van der Waals surface area contributed by atoms with Crippen LogP contribution in [-0.4, -0.2) is 44.6 Å². The highest BCUT2D eigenvalue weighted by Crippen LogP contribution is 2.37. The van der Waals surface area contributed by atoms with Gasteiger partial charge in [-0.3, -0.25) is 4.79 Å². The summed E-state index contributed by atoms with van der Waals surface area (Å²) in [6.07, 6.45) is -6.56. The number of carbonyl (C=O) groups excluding carboxylic acids is 1. The minimum absolute atomic E-state index is 0.0892. The standard InChI is InChI=1S/C16H24N2O.C11H10F6O/c1-18-12-11-17-16(19)10-9-15(13-18)8-7-14-5-3-2-4-6-14;1-6(18-2)7-3-8(10(12,13)14)5-9(4-7)11(15,16)17/h2-6,15H,7-13H2,1H3,(H,17,19);3-6H,1-2H3/t15-;6-/m11/s1. The van der Waals surface area contributed by atoms with E-state index >= 15 is 0 Å². The van der Waals surface area contributed by atoms with Crippen LogP contribution in [0.25, 0.3) is 0 Å². The van der Waals surface area contributed by atoms with E-state index in [0.717, 1.165) is 32.5 Å². The summed E-state index contributed by atoms with van der Waals surface area (Å²) in [5, 5.41) is 2.97. The van der Waals surface area contributed by atoms with E-state index in [-0.39, 0.29) is 17.5 Å². The SMILES string of the molecule is CN1CCNC(=O)CC[C@@H](CCc2ccccc2)C1.CO[C@H](C)c1cc(C(F)(F)F)cc(C(F)(F)F)c1. The normalized spacial score (nSPS) is 18.5. The van der Waals surface area contributed by atoms with Gasteiger partial charge in [-0.1, -0.05) is 30.3 Å². The zero-order chi connectivity index (χ0) is 27.6. The molecular weight excluding hydrogens is 498 g/mol. The number of benzene rings is 2. The third-order valence-corrected chi connectivity index (χ3v) is 6.28. The van der Waals surface area contributed by atoms with Crippen LogP contribution in [0.3, 0.4) is 0 Å². The average molecular weight is 533 g/mol. The molecule has 1 aliphatic heterocycles. The Kier molecular flexibility index (Phi) is 11.4. The molecule has 206 valence electrons. The molecule has 1 fully saturated rings. The van der Waals surface area contributed by atoms with E-state index in [1.54, 1.807) is 0 Å². The number of halogens is 6. The van der Waals surface area contributed by atoms with Gasteiger partial charge in [0.05, 0.1) is 17.2 Å². The quantitative estimate of drug-likeness (QED) is 0.447. The number of likely N-dealkylation sites (N-methyl/N-ethyl adjacent to an activating group) is 1. The molecule has 0 spiro atoms. The largest absolute Gasteiger partial charge is 0.416 e. The first kappa shape index (κ1) is 30.6. The number of nitrogens with one attached hydrogen (secondary N) is 1. The van der Waals surface area contributed by atoms with Gasteiger partial charge < -0.3 is 15.0 Å². The fourth-order valence-corrected chi connectivity index (χ4v) is 4.03. The van der Waals surface area contributed by atoms with Crippen LogP contribution in [-0.2, 0) is 28.3 Å². The van der Waals surface area contributed by atoms with Crippen molar-refractivity contribution in [3.63, 3.8) is 0 Å². The van der Waals surface area contributed by atoms with Crippen LogP contribution in [0, 0.1) is 5.92 Å². The van der Waals surface area contributed by atoms with Crippen LogP contribution in [0.15, 0.2) is 48.5 Å². The summed E-state index contributed by atoms with van der Waals surface area (Å²) in [7, 11) is 3.35. The van der Waals surface area contributed by atoms with Crippen molar-refractivity contribution in [3.8, 4) is 0 Å². The van der Waals surface area contributed by atoms with Crippen molar-refractivity contribution in [2.75, 3.05) is 33.8 Å². The van der Waals surface area contributed by atoms with Crippen LogP contribution in [0.1, 0.15) is 54.5 Å². The average Bonchev–Trinajstić information content (AvgIpc) is 2.92. The molecule has 0 aromatic heterocycles. The number of hydrogen-bond donors (Lipinski definition) is 1. The Morgan fingerprint density at radius 1 is 1.03 bits per heavy atom. The number of aryl methyl sites for hydroxylation is 1. The van der Waals surface area contributed by atoms with Crippen molar-refractivity contribution in [2.45, 2.75) is 51.1 Å². The first-order valence-electron chi connectivity index (χ1n) is 12.1. The summed E-state index contributed by atoms with van der Waals surface area (Å²) >= 11 is 0. The number of alkyl halides is 6. The molecule has 2 atom stereocenters. The summed E-state index contributed by atoms with van der Waals surface area (Å²) in [5.41, 5.74) is -1.44. The number of amides is 1. The van der Waals surface area contributed by atoms with Gasteiger partial charge in [0.1, 0.15) is 0 Å². The van der Waals surface area contributed by atoms with E-state index in [4.69, 9.17) is 4.74 Å². The molecule has 0 saturated carbocycles. The van der Waals surface area contributed by atoms with E-state index in [1.807, 2.05) is 0 Å². The predicted molar refractivity (Wildman–Crippen MR) is 130 cm³/mol. The lowest BCUT2D eigenvalue weighted by Gasteiger charge is -2.22. The van der Waals surface area contributed by atoms with Gasteiger partial charge in [0.25, 0.3) is 0 Å². The van der Waals surface area contributed by atoms with E-state index in [9.17, 15) is 31.1 Å². The number of rotatable bonds is 5. The second-order valence-electron chi connectivity index (χ2n) is 9.26.